The molecule has 4 heteroatoms. The van der Waals surface area contributed by atoms with Gasteiger partial charge in [-0.3, -0.25) is 4.79 Å². The number of rotatable bonds is 2. The number of nitrogens with one attached hydrogen (secondary N) is 1. The zero-order valence-corrected chi connectivity index (χ0v) is 9.41. The molecule has 1 saturated carbocycles. The Kier molecular flexibility index (Phi) is 2.54. The fourth-order valence-corrected chi connectivity index (χ4v) is 1.71. The minimum atomic E-state index is 0.0862. The van der Waals surface area contributed by atoms with Crippen LogP contribution in [0, 0.1) is 11.8 Å². The van der Waals surface area contributed by atoms with Crippen LogP contribution in [0.3, 0.4) is 0 Å². The van der Waals surface area contributed by atoms with Crippen LogP contribution in [-0.4, -0.2) is 10.9 Å². The molecule has 1 fully saturated rings. The van der Waals surface area contributed by atoms with Gasteiger partial charge in [-0.2, -0.15) is 0 Å². The molecular formula is C10H11BrN2O. The van der Waals surface area contributed by atoms with E-state index in [0.29, 0.717) is 11.7 Å². The molecule has 2 rings (SSSR count). The molecular weight excluding hydrogens is 244 g/mol. The predicted molar refractivity (Wildman–Crippen MR) is 57.8 cm³/mol. The van der Waals surface area contributed by atoms with Crippen LogP contribution in [0.2, 0.25) is 0 Å². The minimum absolute atomic E-state index is 0.0862. The molecule has 1 heterocycles. The Hall–Kier alpha value is -0.900. The van der Waals surface area contributed by atoms with Crippen molar-refractivity contribution in [1.82, 2.24) is 4.98 Å². The molecule has 1 aromatic heterocycles. The van der Waals surface area contributed by atoms with E-state index in [-0.39, 0.29) is 11.8 Å². The molecule has 0 bridgehead atoms. The van der Waals surface area contributed by atoms with Gasteiger partial charge >= 0.3 is 0 Å². The zero-order chi connectivity index (χ0) is 10.1. The van der Waals surface area contributed by atoms with Crippen LogP contribution in [-0.2, 0) is 4.79 Å². The van der Waals surface area contributed by atoms with Crippen molar-refractivity contribution in [3.63, 3.8) is 0 Å². The molecule has 14 heavy (non-hydrogen) atoms. The van der Waals surface area contributed by atoms with E-state index in [9.17, 15) is 4.79 Å². The highest BCUT2D eigenvalue weighted by atomic mass is 79.9. The summed E-state index contributed by atoms with van der Waals surface area (Å²) in [5.74, 6) is 1.42. The van der Waals surface area contributed by atoms with E-state index in [2.05, 4.69) is 33.2 Å². The molecule has 0 saturated heterocycles. The molecule has 74 valence electrons. The van der Waals surface area contributed by atoms with Crippen LogP contribution in [0.4, 0.5) is 5.82 Å². The number of amides is 1. The molecule has 1 N–H and O–H groups in total. The Bertz CT molecular complexity index is 367. The van der Waals surface area contributed by atoms with E-state index < -0.39 is 0 Å². The Morgan fingerprint density at radius 3 is 3.00 bits per heavy atom. The van der Waals surface area contributed by atoms with E-state index in [0.717, 1.165) is 10.9 Å². The first kappa shape index (κ1) is 9.65. The molecule has 1 aliphatic rings. The van der Waals surface area contributed by atoms with E-state index in [4.69, 9.17) is 0 Å². The summed E-state index contributed by atoms with van der Waals surface area (Å²) in [5, 5.41) is 2.80. The van der Waals surface area contributed by atoms with Crippen molar-refractivity contribution in [2.24, 2.45) is 11.8 Å². The lowest BCUT2D eigenvalue weighted by molar-refractivity contribution is -0.117. The third-order valence-electron chi connectivity index (χ3n) is 2.42. The van der Waals surface area contributed by atoms with Crippen molar-refractivity contribution in [2.75, 3.05) is 5.32 Å². The van der Waals surface area contributed by atoms with Gasteiger partial charge in [0.05, 0.1) is 0 Å². The molecule has 1 amide bonds. The molecule has 1 aromatic rings. The fourth-order valence-electron chi connectivity index (χ4n) is 1.38. The van der Waals surface area contributed by atoms with Crippen LogP contribution in [0.15, 0.2) is 22.8 Å². The largest absolute Gasteiger partial charge is 0.310 e. The van der Waals surface area contributed by atoms with E-state index in [1.807, 2.05) is 6.07 Å². The maximum Gasteiger partial charge on any atom is 0.228 e. The summed E-state index contributed by atoms with van der Waals surface area (Å²) in [6.07, 6.45) is 2.66. The van der Waals surface area contributed by atoms with Gasteiger partial charge < -0.3 is 5.32 Å². The summed E-state index contributed by atoms with van der Waals surface area (Å²) in [5.41, 5.74) is 0. The minimum Gasteiger partial charge on any atom is -0.310 e. The maximum absolute atomic E-state index is 11.5. The first-order chi connectivity index (χ1) is 6.66. The van der Waals surface area contributed by atoms with Crippen LogP contribution < -0.4 is 5.32 Å². The first-order valence-electron chi connectivity index (χ1n) is 4.59. The van der Waals surface area contributed by atoms with Crippen molar-refractivity contribution < 1.29 is 4.79 Å². The average Bonchev–Trinajstić information content (AvgIpc) is 2.82. The van der Waals surface area contributed by atoms with Crippen LogP contribution in [0.25, 0.3) is 0 Å². The second-order valence-corrected chi connectivity index (χ2v) is 4.58. The van der Waals surface area contributed by atoms with Gasteiger partial charge in [-0.1, -0.05) is 22.9 Å². The predicted octanol–water partition coefficient (Wildman–Crippen LogP) is 2.44. The highest BCUT2D eigenvalue weighted by Gasteiger charge is 2.39. The number of hydrogen-bond donors (Lipinski definition) is 1. The fraction of sp³-hybridized carbons (Fsp3) is 0.400. The number of aromatic nitrogens is 1. The summed E-state index contributed by atoms with van der Waals surface area (Å²) >= 11 is 3.33. The van der Waals surface area contributed by atoms with Gasteiger partial charge in [0.1, 0.15) is 5.82 Å². The Balaban J connectivity index is 2.00. The second kappa shape index (κ2) is 3.69. The molecule has 1 aliphatic carbocycles. The van der Waals surface area contributed by atoms with Crippen molar-refractivity contribution in [3.8, 4) is 0 Å². The van der Waals surface area contributed by atoms with Gasteiger partial charge in [0.2, 0.25) is 5.91 Å². The van der Waals surface area contributed by atoms with E-state index in [1.165, 1.54) is 0 Å². The van der Waals surface area contributed by atoms with Gasteiger partial charge in [-0.05, 0) is 24.5 Å². The van der Waals surface area contributed by atoms with Gasteiger partial charge in [-0.25, -0.2) is 4.98 Å². The summed E-state index contributed by atoms with van der Waals surface area (Å²) in [7, 11) is 0. The lowest BCUT2D eigenvalue weighted by Crippen LogP contribution is -2.15. The summed E-state index contributed by atoms with van der Waals surface area (Å²) in [4.78, 5) is 15.6. The third-order valence-corrected chi connectivity index (χ3v) is 2.91. The van der Waals surface area contributed by atoms with Crippen molar-refractivity contribution in [1.29, 1.82) is 0 Å². The van der Waals surface area contributed by atoms with E-state index in [1.54, 1.807) is 12.3 Å². The monoisotopic (exact) mass is 254 g/mol. The average molecular weight is 255 g/mol. The number of nitrogens with zero attached hydrogens (tertiary/aromatic N) is 1. The van der Waals surface area contributed by atoms with Crippen molar-refractivity contribution in [3.05, 3.63) is 22.8 Å². The molecule has 0 aliphatic heterocycles. The Morgan fingerprint density at radius 1 is 1.71 bits per heavy atom. The maximum atomic E-state index is 11.5. The van der Waals surface area contributed by atoms with Crippen molar-refractivity contribution >= 4 is 27.7 Å². The summed E-state index contributed by atoms with van der Waals surface area (Å²) in [6.45, 7) is 2.08. The molecule has 0 radical (unpaired) electrons. The zero-order valence-electron chi connectivity index (χ0n) is 7.83. The summed E-state index contributed by atoms with van der Waals surface area (Å²) in [6, 6.07) is 3.63. The highest BCUT2D eigenvalue weighted by molar-refractivity contribution is 9.10. The molecule has 0 aromatic carbocycles. The SMILES string of the molecule is CC1CC1C(=O)Nc1cc(Br)ccn1. The van der Waals surface area contributed by atoms with Crippen LogP contribution in [0.5, 0.6) is 0 Å². The van der Waals surface area contributed by atoms with Gasteiger partial charge in [0, 0.05) is 16.6 Å². The van der Waals surface area contributed by atoms with Gasteiger partial charge in [-0.15, -0.1) is 0 Å². The number of carbonyl (C=O) groups excluding carboxylic acids is 1. The standard InChI is InChI=1S/C10H11BrN2O/c1-6-4-8(6)10(14)13-9-5-7(11)2-3-12-9/h2-3,5-6,8H,4H2,1H3,(H,12,13,14). The lowest BCUT2D eigenvalue weighted by Gasteiger charge is -2.02. The van der Waals surface area contributed by atoms with Crippen LogP contribution >= 0.6 is 15.9 Å². The molecule has 0 spiro atoms. The Labute approximate surface area is 91.0 Å². The quantitative estimate of drug-likeness (QED) is 0.881. The molecule has 2 atom stereocenters. The second-order valence-electron chi connectivity index (χ2n) is 3.67. The number of hydrogen-bond acceptors (Lipinski definition) is 2. The topological polar surface area (TPSA) is 42.0 Å². The van der Waals surface area contributed by atoms with Crippen LogP contribution in [0.1, 0.15) is 13.3 Å². The Morgan fingerprint density at radius 2 is 2.43 bits per heavy atom. The van der Waals surface area contributed by atoms with Gasteiger partial charge in [0.15, 0.2) is 0 Å². The molecule has 2 unspecified atom stereocenters. The molecule has 3 nitrogen and oxygen atoms in total. The number of carbonyl (C=O) groups is 1. The highest BCUT2D eigenvalue weighted by Crippen LogP contribution is 2.38. The van der Waals surface area contributed by atoms with Crippen molar-refractivity contribution in [2.45, 2.75) is 13.3 Å². The number of halogens is 1. The normalized spacial score (nSPS) is 24.4. The summed E-state index contributed by atoms with van der Waals surface area (Å²) < 4.78 is 0.923. The van der Waals surface area contributed by atoms with Gasteiger partial charge in [0.25, 0.3) is 0 Å². The van der Waals surface area contributed by atoms with E-state index >= 15 is 0 Å². The lowest BCUT2D eigenvalue weighted by atomic mass is 10.3. The third kappa shape index (κ3) is 2.12. The number of anilines is 1. The number of pyridine rings is 1. The first-order valence-corrected chi connectivity index (χ1v) is 5.38. The smallest absolute Gasteiger partial charge is 0.228 e.